The van der Waals surface area contributed by atoms with Gasteiger partial charge in [-0.25, -0.2) is 4.79 Å². The first-order valence-electron chi connectivity index (χ1n) is 14.0. The Morgan fingerprint density at radius 1 is 1.15 bits per heavy atom. The fourth-order valence-corrected chi connectivity index (χ4v) is 6.03. The predicted molar refractivity (Wildman–Crippen MR) is 154 cm³/mol. The molecule has 0 saturated carbocycles. The Morgan fingerprint density at radius 3 is 2.49 bits per heavy atom. The van der Waals surface area contributed by atoms with E-state index < -0.39 is 11.3 Å². The van der Waals surface area contributed by atoms with Crippen molar-refractivity contribution in [1.82, 2.24) is 15.5 Å². The fourth-order valence-electron chi connectivity index (χ4n) is 6.03. The number of piperidine rings is 1. The van der Waals surface area contributed by atoms with E-state index >= 15 is 0 Å². The number of fused-ring (bicyclic) bond motifs is 1. The van der Waals surface area contributed by atoms with Crippen molar-refractivity contribution in [2.45, 2.75) is 90.2 Å². The van der Waals surface area contributed by atoms with Gasteiger partial charge in [0.25, 0.3) is 0 Å². The zero-order chi connectivity index (χ0) is 28.4. The number of carbonyl (C=O) groups excluding carboxylic acids is 2. The van der Waals surface area contributed by atoms with Crippen LogP contribution in [0.2, 0.25) is 0 Å². The molecule has 39 heavy (non-hydrogen) atoms. The summed E-state index contributed by atoms with van der Waals surface area (Å²) in [7, 11) is 3.59. The van der Waals surface area contributed by atoms with E-state index in [1.807, 2.05) is 69.7 Å². The summed E-state index contributed by atoms with van der Waals surface area (Å²) in [6, 6.07) is 14.2. The molecule has 2 N–H and O–H groups in total. The molecule has 0 bridgehead atoms. The molecule has 212 valence electrons. The number of likely N-dealkylation sites (N-methyl/N-ethyl adjacent to an activating group) is 1. The first-order valence-corrected chi connectivity index (χ1v) is 14.0. The molecule has 8 nitrogen and oxygen atoms in total. The van der Waals surface area contributed by atoms with Crippen LogP contribution in [0, 0.1) is 0 Å². The lowest BCUT2D eigenvalue weighted by molar-refractivity contribution is -0.119. The van der Waals surface area contributed by atoms with Gasteiger partial charge in [-0.2, -0.15) is 0 Å². The number of ether oxygens (including phenoxy) is 2. The van der Waals surface area contributed by atoms with E-state index in [0.717, 1.165) is 41.0 Å². The molecule has 1 fully saturated rings. The highest BCUT2D eigenvalue weighted by Gasteiger charge is 2.50. The molecule has 2 atom stereocenters. The highest BCUT2D eigenvalue weighted by Crippen LogP contribution is 2.39. The number of aryl methyl sites for hydroxylation is 1. The van der Waals surface area contributed by atoms with Crippen molar-refractivity contribution in [3.8, 4) is 5.75 Å². The van der Waals surface area contributed by atoms with Gasteiger partial charge in [-0.3, -0.25) is 15.0 Å². The third kappa shape index (κ3) is 5.77. The maximum Gasteiger partial charge on any atom is 0.412 e. The molecule has 2 amide bonds. The van der Waals surface area contributed by atoms with Gasteiger partial charge in [0, 0.05) is 42.8 Å². The van der Waals surface area contributed by atoms with Crippen molar-refractivity contribution >= 4 is 17.7 Å². The molecule has 0 aliphatic carbocycles. The molecule has 0 spiro atoms. The van der Waals surface area contributed by atoms with E-state index in [4.69, 9.17) is 9.47 Å². The molecule has 2 heterocycles. The average Bonchev–Trinajstić information content (AvgIpc) is 2.90. The van der Waals surface area contributed by atoms with Crippen LogP contribution in [0.4, 0.5) is 10.5 Å². The molecule has 2 aliphatic heterocycles. The normalized spacial score (nSPS) is 21.6. The third-order valence-electron chi connectivity index (χ3n) is 7.69. The number of likely N-dealkylation sites (tertiary alicyclic amines) is 1. The zero-order valence-electron chi connectivity index (χ0n) is 24.5. The van der Waals surface area contributed by atoms with Gasteiger partial charge in [-0.1, -0.05) is 30.3 Å². The second-order valence-electron chi connectivity index (χ2n) is 11.7. The lowest BCUT2D eigenvalue weighted by Gasteiger charge is -2.52. The Balaban J connectivity index is 1.70. The zero-order valence-corrected chi connectivity index (χ0v) is 24.5. The molecular formula is C31H44N4O4. The largest absolute Gasteiger partial charge is 0.496 e. The smallest absolute Gasteiger partial charge is 0.412 e. The summed E-state index contributed by atoms with van der Waals surface area (Å²) in [5, 5.41) is 7.29. The SMILES string of the molecule is CN[C@]1(c2ccccc2)[C@@H](NCc2cc3c(cc2OC)CCC(=O)N3C(C)C)CCCN1C(=O)OC(C)(C)C. The number of hydrogen-bond acceptors (Lipinski definition) is 6. The minimum absolute atomic E-state index is 0.0708. The monoisotopic (exact) mass is 536 g/mol. The van der Waals surface area contributed by atoms with E-state index in [9.17, 15) is 9.59 Å². The standard InChI is InChI=1S/C31H44N4O4/c1-21(2)35-25-18-23(26(38-7)19-22(25)15-16-28(35)36)20-33-27-14-11-17-34(29(37)39-30(3,4)5)31(27,32-6)24-12-9-8-10-13-24/h8-10,12-13,18-19,21,27,32-33H,11,14-17,20H2,1-7H3/t27-,31-/m0/s1. The molecule has 2 aromatic rings. The van der Waals surface area contributed by atoms with Gasteiger partial charge in [0.2, 0.25) is 5.91 Å². The number of anilines is 1. The van der Waals surface area contributed by atoms with Crippen molar-refractivity contribution in [2.24, 2.45) is 0 Å². The maximum atomic E-state index is 13.6. The summed E-state index contributed by atoms with van der Waals surface area (Å²) < 4.78 is 11.7. The van der Waals surface area contributed by atoms with Crippen LogP contribution in [-0.2, 0) is 28.2 Å². The van der Waals surface area contributed by atoms with Crippen LogP contribution >= 0.6 is 0 Å². The van der Waals surface area contributed by atoms with E-state index in [1.54, 1.807) is 7.11 Å². The van der Waals surface area contributed by atoms with Crippen molar-refractivity contribution in [3.63, 3.8) is 0 Å². The Kier molecular flexibility index (Phi) is 8.57. The first-order chi connectivity index (χ1) is 18.5. The van der Waals surface area contributed by atoms with Gasteiger partial charge >= 0.3 is 6.09 Å². The molecule has 2 aliphatic rings. The topological polar surface area (TPSA) is 83.1 Å². The molecule has 1 saturated heterocycles. The van der Waals surface area contributed by atoms with E-state index in [2.05, 4.69) is 34.9 Å². The average molecular weight is 537 g/mol. The third-order valence-corrected chi connectivity index (χ3v) is 7.69. The summed E-state index contributed by atoms with van der Waals surface area (Å²) >= 11 is 0. The highest BCUT2D eigenvalue weighted by molar-refractivity contribution is 5.97. The lowest BCUT2D eigenvalue weighted by Crippen LogP contribution is -2.69. The summed E-state index contributed by atoms with van der Waals surface area (Å²) in [5.74, 6) is 0.953. The predicted octanol–water partition coefficient (Wildman–Crippen LogP) is 4.94. The number of benzene rings is 2. The van der Waals surface area contributed by atoms with Crippen LogP contribution in [-0.4, -0.2) is 55.3 Å². The molecule has 0 aromatic heterocycles. The van der Waals surface area contributed by atoms with Crippen LogP contribution in [0.3, 0.4) is 0 Å². The quantitative estimate of drug-likeness (QED) is 0.521. The number of amides is 2. The van der Waals surface area contributed by atoms with Crippen molar-refractivity contribution < 1.29 is 19.1 Å². The van der Waals surface area contributed by atoms with Gasteiger partial charge in [-0.05, 0) is 84.2 Å². The lowest BCUT2D eigenvalue weighted by atomic mass is 9.83. The molecule has 4 rings (SSSR count). The second kappa shape index (κ2) is 11.6. The maximum absolute atomic E-state index is 13.6. The van der Waals surface area contributed by atoms with Crippen molar-refractivity contribution in [2.75, 3.05) is 25.6 Å². The minimum Gasteiger partial charge on any atom is -0.496 e. The highest BCUT2D eigenvalue weighted by atomic mass is 16.6. The summed E-state index contributed by atoms with van der Waals surface area (Å²) in [6.07, 6.45) is 2.58. The van der Waals surface area contributed by atoms with E-state index in [-0.39, 0.29) is 24.1 Å². The number of carbonyl (C=O) groups is 2. The van der Waals surface area contributed by atoms with Gasteiger partial charge < -0.3 is 19.7 Å². The Bertz CT molecular complexity index is 1180. The molecular weight excluding hydrogens is 492 g/mol. The summed E-state index contributed by atoms with van der Waals surface area (Å²) in [6.45, 7) is 10.9. The Labute approximate surface area is 233 Å². The van der Waals surface area contributed by atoms with Gasteiger partial charge in [-0.15, -0.1) is 0 Å². The Hall–Kier alpha value is -3.10. The molecule has 0 radical (unpaired) electrons. The fraction of sp³-hybridized carbons (Fsp3) is 0.548. The van der Waals surface area contributed by atoms with E-state index in [0.29, 0.717) is 25.9 Å². The van der Waals surface area contributed by atoms with Crippen molar-refractivity contribution in [1.29, 1.82) is 0 Å². The Morgan fingerprint density at radius 2 is 1.87 bits per heavy atom. The summed E-state index contributed by atoms with van der Waals surface area (Å²) in [5.41, 5.74) is 2.63. The number of nitrogens with zero attached hydrogens (tertiary/aromatic N) is 2. The number of nitrogens with one attached hydrogen (secondary N) is 2. The number of rotatable bonds is 7. The van der Waals surface area contributed by atoms with Crippen LogP contribution < -0.4 is 20.3 Å². The molecule has 2 aromatic carbocycles. The van der Waals surface area contributed by atoms with Gasteiger partial charge in [0.1, 0.15) is 17.0 Å². The minimum atomic E-state index is -0.816. The second-order valence-corrected chi connectivity index (χ2v) is 11.7. The van der Waals surface area contributed by atoms with Crippen LogP contribution in [0.5, 0.6) is 5.75 Å². The molecule has 8 heteroatoms. The molecule has 0 unspecified atom stereocenters. The van der Waals surface area contributed by atoms with Crippen molar-refractivity contribution in [3.05, 3.63) is 59.2 Å². The number of hydrogen-bond donors (Lipinski definition) is 2. The number of methoxy groups -OCH3 is 1. The van der Waals surface area contributed by atoms with Crippen LogP contribution in [0.1, 0.15) is 70.6 Å². The van der Waals surface area contributed by atoms with E-state index in [1.165, 1.54) is 0 Å². The van der Waals surface area contributed by atoms with Gasteiger partial charge in [0.05, 0.1) is 7.11 Å². The van der Waals surface area contributed by atoms with Crippen LogP contribution in [0.25, 0.3) is 0 Å². The van der Waals surface area contributed by atoms with Crippen LogP contribution in [0.15, 0.2) is 42.5 Å². The van der Waals surface area contributed by atoms with Gasteiger partial charge in [0.15, 0.2) is 0 Å². The first kappa shape index (κ1) is 28.9. The summed E-state index contributed by atoms with van der Waals surface area (Å²) in [4.78, 5) is 30.1.